The van der Waals surface area contributed by atoms with E-state index >= 15 is 0 Å². The number of fused-ring (bicyclic) bond motifs is 1. The normalized spacial score (nSPS) is 13.6. The molecule has 14 heavy (non-hydrogen) atoms. The molecule has 2 rings (SSSR count). The summed E-state index contributed by atoms with van der Waals surface area (Å²) >= 11 is 0. The van der Waals surface area contributed by atoms with Crippen LogP contribution in [0.15, 0.2) is 17.1 Å². The number of rotatable bonds is 1. The number of hydrogen-bond acceptors (Lipinski definition) is 4. The van der Waals surface area contributed by atoms with Crippen molar-refractivity contribution in [3.63, 3.8) is 0 Å². The van der Waals surface area contributed by atoms with Crippen LogP contribution in [0.3, 0.4) is 0 Å². The van der Waals surface area contributed by atoms with Gasteiger partial charge in [0.1, 0.15) is 5.71 Å². The molecule has 0 saturated heterocycles. The summed E-state index contributed by atoms with van der Waals surface area (Å²) in [7, 11) is 0. The summed E-state index contributed by atoms with van der Waals surface area (Å²) in [6.45, 7) is 0. The fourth-order valence-electron chi connectivity index (χ4n) is 1.34. The predicted octanol–water partition coefficient (Wildman–Crippen LogP) is 0.811. The van der Waals surface area contributed by atoms with Crippen LogP contribution in [0.2, 0.25) is 0 Å². The smallest absolute Gasteiger partial charge is 0.350 e. The Bertz CT molecular complexity index is 450. The lowest BCUT2D eigenvalue weighted by Gasteiger charge is -2.00. The van der Waals surface area contributed by atoms with Gasteiger partial charge in [-0.1, -0.05) is 0 Å². The molecule has 0 amide bonds. The van der Waals surface area contributed by atoms with Crippen molar-refractivity contribution < 1.29 is 20.1 Å². The van der Waals surface area contributed by atoms with Gasteiger partial charge in [0, 0.05) is 12.5 Å². The SMILES string of the molecule is O=C(O)C1=Nc2cc(O)c(O)cc2C1. The molecule has 5 heteroatoms. The number of nitrogens with zero attached hydrogens (tertiary/aromatic N) is 1. The van der Waals surface area contributed by atoms with Crippen LogP contribution in [0.5, 0.6) is 11.5 Å². The summed E-state index contributed by atoms with van der Waals surface area (Å²) in [6, 6.07) is 2.57. The largest absolute Gasteiger partial charge is 0.504 e. The highest BCUT2D eigenvalue weighted by Crippen LogP contribution is 2.36. The molecule has 3 N–H and O–H groups in total. The zero-order valence-electron chi connectivity index (χ0n) is 7.06. The number of phenolic OH excluding ortho intramolecular Hbond substituents is 2. The van der Waals surface area contributed by atoms with Gasteiger partial charge in [-0.25, -0.2) is 9.79 Å². The third-order valence-electron chi connectivity index (χ3n) is 2.04. The molecule has 0 fully saturated rings. The predicted molar refractivity (Wildman–Crippen MR) is 48.2 cm³/mol. The van der Waals surface area contributed by atoms with Gasteiger partial charge in [0.05, 0.1) is 5.69 Å². The standard InChI is InChI=1S/C9H7NO4/c11-7-2-4-1-6(9(13)14)10-5(4)3-8(7)12/h2-3,11-12H,1H2,(H,13,14). The molecule has 1 heterocycles. The van der Waals surface area contributed by atoms with Gasteiger partial charge in [-0.2, -0.15) is 0 Å². The summed E-state index contributed by atoms with van der Waals surface area (Å²) in [6.07, 6.45) is 0.179. The van der Waals surface area contributed by atoms with Crippen molar-refractivity contribution in [1.29, 1.82) is 0 Å². The minimum absolute atomic E-state index is 0.0185. The number of phenols is 2. The van der Waals surface area contributed by atoms with Crippen molar-refractivity contribution in [1.82, 2.24) is 0 Å². The quantitative estimate of drug-likeness (QED) is 0.575. The highest BCUT2D eigenvalue weighted by Gasteiger charge is 2.21. The van der Waals surface area contributed by atoms with E-state index in [-0.39, 0.29) is 23.6 Å². The van der Waals surface area contributed by atoms with Gasteiger partial charge < -0.3 is 15.3 Å². The number of aliphatic carboxylic acids is 1. The second-order valence-electron chi connectivity index (χ2n) is 3.01. The molecule has 0 unspecified atom stereocenters. The van der Waals surface area contributed by atoms with Gasteiger partial charge in [0.2, 0.25) is 0 Å². The van der Waals surface area contributed by atoms with Crippen LogP contribution < -0.4 is 0 Å². The minimum Gasteiger partial charge on any atom is -0.504 e. The van der Waals surface area contributed by atoms with E-state index < -0.39 is 5.97 Å². The average molecular weight is 193 g/mol. The minimum atomic E-state index is -1.08. The number of hydrogen-bond donors (Lipinski definition) is 3. The van der Waals surface area contributed by atoms with Gasteiger partial charge in [0.25, 0.3) is 0 Å². The lowest BCUT2D eigenvalue weighted by Crippen LogP contribution is -2.11. The van der Waals surface area contributed by atoms with Gasteiger partial charge in [0.15, 0.2) is 11.5 Å². The van der Waals surface area contributed by atoms with Crippen LogP contribution >= 0.6 is 0 Å². The Kier molecular flexibility index (Phi) is 1.67. The maximum Gasteiger partial charge on any atom is 0.350 e. The van der Waals surface area contributed by atoms with E-state index in [0.29, 0.717) is 11.3 Å². The lowest BCUT2D eigenvalue weighted by molar-refractivity contribution is -0.129. The monoisotopic (exact) mass is 193 g/mol. The number of aliphatic imine (C=N–C) groups is 1. The van der Waals surface area contributed by atoms with E-state index in [2.05, 4.69) is 4.99 Å². The molecule has 1 aromatic rings. The number of carboxylic acids is 1. The number of carboxylic acid groups (broad SMARTS) is 1. The second-order valence-corrected chi connectivity index (χ2v) is 3.01. The molecule has 0 radical (unpaired) electrons. The summed E-state index contributed by atoms with van der Waals surface area (Å²) in [5.74, 6) is -1.63. The molecule has 5 nitrogen and oxygen atoms in total. The van der Waals surface area contributed by atoms with E-state index in [4.69, 9.17) is 15.3 Å². The Balaban J connectivity index is 2.47. The first kappa shape index (κ1) is 8.55. The van der Waals surface area contributed by atoms with Crippen LogP contribution in [0.25, 0.3) is 0 Å². The molecule has 0 aromatic heterocycles. The summed E-state index contributed by atoms with van der Waals surface area (Å²) in [5, 5.41) is 27.0. The number of benzene rings is 1. The zero-order chi connectivity index (χ0) is 10.3. The first-order valence-electron chi connectivity index (χ1n) is 3.93. The molecular weight excluding hydrogens is 186 g/mol. The third-order valence-corrected chi connectivity index (χ3v) is 2.04. The molecule has 0 aliphatic carbocycles. The van der Waals surface area contributed by atoms with Crippen molar-refractivity contribution in [3.05, 3.63) is 17.7 Å². The average Bonchev–Trinajstić information content (AvgIpc) is 2.48. The van der Waals surface area contributed by atoms with Crippen molar-refractivity contribution in [3.8, 4) is 11.5 Å². The highest BCUT2D eigenvalue weighted by molar-refractivity contribution is 6.37. The fraction of sp³-hybridized carbons (Fsp3) is 0.111. The zero-order valence-corrected chi connectivity index (χ0v) is 7.06. The lowest BCUT2D eigenvalue weighted by atomic mass is 10.1. The van der Waals surface area contributed by atoms with E-state index in [0.717, 1.165) is 0 Å². The van der Waals surface area contributed by atoms with Crippen LogP contribution in [-0.4, -0.2) is 27.0 Å². The Morgan fingerprint density at radius 1 is 1.29 bits per heavy atom. The van der Waals surface area contributed by atoms with Crippen LogP contribution in [0.1, 0.15) is 5.56 Å². The maximum absolute atomic E-state index is 10.6. The highest BCUT2D eigenvalue weighted by atomic mass is 16.4. The maximum atomic E-state index is 10.6. The molecule has 1 aliphatic rings. The van der Waals surface area contributed by atoms with E-state index in [9.17, 15) is 4.79 Å². The van der Waals surface area contributed by atoms with E-state index in [1.807, 2.05) is 0 Å². The van der Waals surface area contributed by atoms with Gasteiger partial charge in [-0.05, 0) is 11.6 Å². The van der Waals surface area contributed by atoms with Gasteiger partial charge in [-0.15, -0.1) is 0 Å². The molecule has 0 saturated carbocycles. The van der Waals surface area contributed by atoms with Crippen LogP contribution in [0, 0.1) is 0 Å². The topological polar surface area (TPSA) is 90.1 Å². The molecule has 72 valence electrons. The summed E-state index contributed by atoms with van der Waals surface area (Å²) in [4.78, 5) is 14.4. The molecule has 0 bridgehead atoms. The first-order valence-corrected chi connectivity index (χ1v) is 3.93. The third kappa shape index (κ3) is 1.19. The van der Waals surface area contributed by atoms with Crippen LogP contribution in [-0.2, 0) is 11.2 Å². The van der Waals surface area contributed by atoms with Gasteiger partial charge in [-0.3, -0.25) is 0 Å². The molecular formula is C9H7NO4. The molecule has 1 aliphatic heterocycles. The summed E-state index contributed by atoms with van der Waals surface area (Å²) in [5.41, 5.74) is 1.03. The Morgan fingerprint density at radius 3 is 2.57 bits per heavy atom. The van der Waals surface area contributed by atoms with Crippen molar-refractivity contribution in [2.24, 2.45) is 4.99 Å². The molecule has 0 atom stereocenters. The number of carbonyl (C=O) groups is 1. The van der Waals surface area contributed by atoms with Crippen LogP contribution in [0.4, 0.5) is 5.69 Å². The van der Waals surface area contributed by atoms with Crippen molar-refractivity contribution >= 4 is 17.4 Å². The molecule has 0 spiro atoms. The van der Waals surface area contributed by atoms with Crippen molar-refractivity contribution in [2.75, 3.05) is 0 Å². The number of aromatic hydroxyl groups is 2. The first-order chi connectivity index (χ1) is 6.58. The Hall–Kier alpha value is -2.04. The molecule has 1 aromatic carbocycles. The Labute approximate surface area is 79.0 Å². The Morgan fingerprint density at radius 2 is 1.93 bits per heavy atom. The van der Waals surface area contributed by atoms with E-state index in [1.54, 1.807) is 0 Å². The summed E-state index contributed by atoms with van der Waals surface area (Å²) < 4.78 is 0. The second kappa shape index (κ2) is 2.73. The van der Waals surface area contributed by atoms with Gasteiger partial charge >= 0.3 is 5.97 Å². The van der Waals surface area contributed by atoms with Crippen molar-refractivity contribution in [2.45, 2.75) is 6.42 Å². The van der Waals surface area contributed by atoms with E-state index in [1.165, 1.54) is 12.1 Å². The fourth-order valence-corrected chi connectivity index (χ4v) is 1.34.